The number of halogens is 1. The summed E-state index contributed by atoms with van der Waals surface area (Å²) >= 11 is 6.57. The van der Waals surface area contributed by atoms with Crippen LogP contribution >= 0.6 is 22.9 Å². The fourth-order valence-electron chi connectivity index (χ4n) is 3.12. The molecule has 0 aliphatic rings. The van der Waals surface area contributed by atoms with Gasteiger partial charge in [0.25, 0.3) is 23.2 Å². The Bertz CT molecular complexity index is 1400. The van der Waals surface area contributed by atoms with Gasteiger partial charge in [-0.1, -0.05) is 17.7 Å². The average molecular weight is 533 g/mol. The van der Waals surface area contributed by atoms with Crippen LogP contribution in [0.4, 0.5) is 22.1 Å². The predicted molar refractivity (Wildman–Crippen MR) is 132 cm³/mol. The van der Waals surface area contributed by atoms with Crippen LogP contribution in [-0.4, -0.2) is 34.2 Å². The van der Waals surface area contributed by atoms with E-state index < -0.39 is 33.3 Å². The van der Waals surface area contributed by atoms with E-state index in [1.165, 1.54) is 43.3 Å². The third-order valence-corrected chi connectivity index (χ3v) is 6.31. The van der Waals surface area contributed by atoms with Crippen LogP contribution in [0.15, 0.2) is 42.5 Å². The molecule has 2 aromatic carbocycles. The molecule has 0 spiro atoms. The molecule has 0 saturated carbocycles. The molecule has 0 bridgehead atoms. The number of thiophene rings is 1. The molecule has 1 heterocycles. The van der Waals surface area contributed by atoms with Gasteiger partial charge in [0.2, 0.25) is 0 Å². The van der Waals surface area contributed by atoms with Crippen molar-refractivity contribution in [1.82, 2.24) is 0 Å². The van der Waals surface area contributed by atoms with Crippen LogP contribution in [-0.2, 0) is 4.74 Å². The van der Waals surface area contributed by atoms with E-state index in [9.17, 15) is 34.6 Å². The zero-order valence-corrected chi connectivity index (χ0v) is 20.3. The van der Waals surface area contributed by atoms with Crippen LogP contribution in [0.25, 0.3) is 0 Å². The van der Waals surface area contributed by atoms with Crippen LogP contribution in [0.2, 0.25) is 5.02 Å². The highest BCUT2D eigenvalue weighted by Crippen LogP contribution is 2.35. The van der Waals surface area contributed by atoms with Gasteiger partial charge in [0.15, 0.2) is 0 Å². The minimum atomic E-state index is -0.793. The van der Waals surface area contributed by atoms with Crippen molar-refractivity contribution in [2.75, 3.05) is 17.2 Å². The van der Waals surface area contributed by atoms with Crippen LogP contribution in [0.1, 0.15) is 42.9 Å². The van der Waals surface area contributed by atoms with Crippen LogP contribution in [0.5, 0.6) is 0 Å². The van der Waals surface area contributed by atoms with Gasteiger partial charge in [-0.2, -0.15) is 0 Å². The first kappa shape index (κ1) is 26.2. The van der Waals surface area contributed by atoms with E-state index in [1.807, 2.05) is 0 Å². The number of nitrogens with zero attached hydrogens (tertiary/aromatic N) is 2. The summed E-state index contributed by atoms with van der Waals surface area (Å²) in [5.74, 6) is -2.25. The maximum Gasteiger partial charge on any atom is 0.341 e. The molecule has 12 nitrogen and oxygen atoms in total. The summed E-state index contributed by atoms with van der Waals surface area (Å²) in [6.45, 7) is 3.09. The predicted octanol–water partition coefficient (Wildman–Crippen LogP) is 5.21. The number of nitrogens with one attached hydrogen (secondary N) is 2. The fraction of sp³-hybridized carbons (Fsp3) is 0.136. The number of anilines is 2. The van der Waals surface area contributed by atoms with E-state index in [4.69, 9.17) is 16.3 Å². The van der Waals surface area contributed by atoms with E-state index in [0.717, 1.165) is 17.4 Å². The molecular weight excluding hydrogens is 516 g/mol. The largest absolute Gasteiger partial charge is 0.462 e. The summed E-state index contributed by atoms with van der Waals surface area (Å²) in [6.07, 6.45) is 0. The maximum atomic E-state index is 12.9. The summed E-state index contributed by atoms with van der Waals surface area (Å²) in [4.78, 5) is 59.2. The maximum absolute atomic E-state index is 12.9. The van der Waals surface area contributed by atoms with Crippen LogP contribution in [0.3, 0.4) is 0 Å². The second-order valence-electron chi connectivity index (χ2n) is 7.12. The highest BCUT2D eigenvalue weighted by atomic mass is 35.5. The summed E-state index contributed by atoms with van der Waals surface area (Å²) < 4.78 is 5.06. The number of ether oxygens (including phenoxy) is 1. The number of hydrogen-bond donors (Lipinski definition) is 2. The lowest BCUT2D eigenvalue weighted by Crippen LogP contribution is -2.15. The molecule has 0 unspecified atom stereocenters. The van der Waals surface area contributed by atoms with Crippen molar-refractivity contribution >= 4 is 62.8 Å². The quantitative estimate of drug-likeness (QED) is 0.226. The Morgan fingerprint density at radius 2 is 1.75 bits per heavy atom. The Labute approximate surface area is 212 Å². The smallest absolute Gasteiger partial charge is 0.341 e. The minimum absolute atomic E-state index is 0.0160. The zero-order valence-electron chi connectivity index (χ0n) is 18.7. The van der Waals surface area contributed by atoms with E-state index in [0.29, 0.717) is 0 Å². The summed E-state index contributed by atoms with van der Waals surface area (Å²) in [6, 6.07) is 8.73. The minimum Gasteiger partial charge on any atom is -0.462 e. The van der Waals surface area contributed by atoms with Gasteiger partial charge in [0.1, 0.15) is 10.0 Å². The van der Waals surface area contributed by atoms with Gasteiger partial charge < -0.3 is 15.4 Å². The highest BCUT2D eigenvalue weighted by Gasteiger charge is 2.27. The fourth-order valence-corrected chi connectivity index (χ4v) is 4.39. The third-order valence-electron chi connectivity index (χ3n) is 4.78. The lowest BCUT2D eigenvalue weighted by atomic mass is 10.1. The molecular formula is C22H17ClN4O8S. The number of non-ortho nitro benzene ring substituents is 1. The van der Waals surface area contributed by atoms with Gasteiger partial charge in [-0.05, 0) is 37.6 Å². The lowest BCUT2D eigenvalue weighted by molar-refractivity contribution is -0.384. The first-order valence-electron chi connectivity index (χ1n) is 10.1. The molecule has 0 aliphatic heterocycles. The van der Waals surface area contributed by atoms with Crippen molar-refractivity contribution in [3.05, 3.63) is 89.3 Å². The molecule has 36 heavy (non-hydrogen) atoms. The van der Waals surface area contributed by atoms with Crippen molar-refractivity contribution in [3.63, 3.8) is 0 Å². The number of benzene rings is 2. The number of carbonyl (C=O) groups is 3. The van der Waals surface area contributed by atoms with Crippen molar-refractivity contribution in [2.24, 2.45) is 0 Å². The van der Waals surface area contributed by atoms with Gasteiger partial charge in [0.05, 0.1) is 26.9 Å². The number of nitro groups is 2. The van der Waals surface area contributed by atoms with Gasteiger partial charge in [-0.3, -0.25) is 29.8 Å². The Hall–Kier alpha value is -4.36. The standard InChI is InChI=1S/C22H17ClN4O8S/c1-3-35-22(30)17-11(2)18(20(29)24-13-5-4-6-14(10-13)26(31)32)36-21(17)25-19(28)12-7-8-15(23)16(9-12)27(33)34/h4-10H,3H2,1-2H3,(H,24,29)(H,25,28). The second-order valence-corrected chi connectivity index (χ2v) is 8.55. The van der Waals surface area contributed by atoms with Crippen LogP contribution in [0, 0.1) is 27.2 Å². The van der Waals surface area contributed by atoms with Gasteiger partial charge in [-0.15, -0.1) is 11.3 Å². The van der Waals surface area contributed by atoms with Crippen molar-refractivity contribution in [1.29, 1.82) is 0 Å². The van der Waals surface area contributed by atoms with E-state index in [-0.39, 0.29) is 49.6 Å². The van der Waals surface area contributed by atoms with Crippen molar-refractivity contribution in [3.8, 4) is 0 Å². The van der Waals surface area contributed by atoms with Crippen LogP contribution < -0.4 is 10.6 Å². The number of rotatable bonds is 8. The topological polar surface area (TPSA) is 171 Å². The monoisotopic (exact) mass is 532 g/mol. The zero-order chi connectivity index (χ0) is 26.6. The molecule has 0 atom stereocenters. The molecule has 186 valence electrons. The number of amides is 2. The molecule has 1 aromatic heterocycles. The molecule has 3 aromatic rings. The number of carbonyl (C=O) groups excluding carboxylic acids is 3. The number of nitro benzene ring substituents is 2. The van der Waals surface area contributed by atoms with E-state index in [1.54, 1.807) is 6.92 Å². The molecule has 3 rings (SSSR count). The Morgan fingerprint density at radius 1 is 1.03 bits per heavy atom. The van der Waals surface area contributed by atoms with E-state index >= 15 is 0 Å². The molecule has 2 N–H and O–H groups in total. The molecule has 0 radical (unpaired) electrons. The summed E-state index contributed by atoms with van der Waals surface area (Å²) in [5.41, 5.74) is -0.517. The molecule has 14 heteroatoms. The van der Waals surface area contributed by atoms with Gasteiger partial charge in [0, 0.05) is 29.4 Å². The van der Waals surface area contributed by atoms with Gasteiger partial charge >= 0.3 is 5.97 Å². The van der Waals surface area contributed by atoms with Gasteiger partial charge in [-0.25, -0.2) is 4.79 Å². The number of hydrogen-bond acceptors (Lipinski definition) is 9. The van der Waals surface area contributed by atoms with E-state index in [2.05, 4.69) is 10.6 Å². The average Bonchev–Trinajstić information content (AvgIpc) is 3.15. The second kappa shape index (κ2) is 10.9. The molecule has 2 amide bonds. The Kier molecular flexibility index (Phi) is 7.96. The SMILES string of the molecule is CCOC(=O)c1c(NC(=O)c2ccc(Cl)c([N+](=O)[O-])c2)sc(C(=O)Nc2cccc([N+](=O)[O-])c2)c1C. The molecule has 0 aliphatic carbocycles. The summed E-state index contributed by atoms with van der Waals surface area (Å²) in [5, 5.41) is 27.0. The highest BCUT2D eigenvalue weighted by molar-refractivity contribution is 7.19. The lowest BCUT2D eigenvalue weighted by Gasteiger charge is -2.07. The molecule has 0 saturated heterocycles. The van der Waals surface area contributed by atoms with Crippen molar-refractivity contribution < 1.29 is 29.0 Å². The normalized spacial score (nSPS) is 10.4. The Balaban J connectivity index is 1.97. The summed E-state index contributed by atoms with van der Waals surface area (Å²) in [7, 11) is 0. The number of esters is 1. The third kappa shape index (κ3) is 5.64. The van der Waals surface area contributed by atoms with Crippen molar-refractivity contribution in [2.45, 2.75) is 13.8 Å². The molecule has 0 fully saturated rings. The first-order chi connectivity index (χ1) is 17.0. The Morgan fingerprint density at radius 3 is 2.39 bits per heavy atom. The first-order valence-corrected chi connectivity index (χ1v) is 11.3.